The minimum absolute atomic E-state index is 0.903. The molecule has 1 aliphatic heterocycles. The molecule has 0 saturated carbocycles. The van der Waals surface area contributed by atoms with Gasteiger partial charge < -0.3 is 0 Å². The fourth-order valence-corrected chi connectivity index (χ4v) is 204. The quantitative estimate of drug-likeness (QED) is 0.638. The van der Waals surface area contributed by atoms with E-state index in [9.17, 15) is 0 Å². The molecule has 0 unspecified atom stereocenters. The zero-order valence-corrected chi connectivity index (χ0v) is 21.1. The molecule has 0 atom stereocenters. The van der Waals surface area contributed by atoms with Crippen molar-refractivity contribution < 1.29 is 0 Å². The van der Waals surface area contributed by atoms with Crippen molar-refractivity contribution in [3.05, 3.63) is 0 Å². The second kappa shape index (κ2) is 5.19. The zero-order chi connectivity index (χ0) is 15.3. The van der Waals surface area contributed by atoms with Crippen molar-refractivity contribution in [3.63, 3.8) is 0 Å². The highest BCUT2D eigenvalue weighted by Gasteiger charge is 2.69. The highest BCUT2D eigenvalue weighted by atomic mass is 30.2. The summed E-state index contributed by atoms with van der Waals surface area (Å²) in [7, 11) is -3.21. The molecule has 1 fully saturated rings. The zero-order valence-electron chi connectivity index (χ0n) is 15.1. The molecule has 112 valence electrons. The molecular weight excluding hydrogens is 325 g/mol. The van der Waals surface area contributed by atoms with Crippen LogP contribution >= 0.6 is 0 Å². The fraction of sp³-hybridized carbons (Fsp3) is 1.00. The molecular formula is C13H36Si6. The standard InChI is InChI=1S/C13H36Si6/c1-11-12-13-19(10)17(6,7)15(2,3)14-16(4,5)18(19,8)9/h11-13H2,1-10H3. The smallest absolute Gasteiger partial charge is 0.0336 e. The minimum atomic E-state index is -0.975. The van der Waals surface area contributed by atoms with Gasteiger partial charge in [-0.05, 0) is 0 Å². The first-order valence-electron chi connectivity index (χ1n) is 8.06. The van der Waals surface area contributed by atoms with E-state index in [2.05, 4.69) is 65.8 Å². The second-order valence-corrected chi connectivity index (χ2v) is 72.6. The maximum absolute atomic E-state index is 2.91. The van der Waals surface area contributed by atoms with Crippen LogP contribution in [0.5, 0.6) is 0 Å². The van der Waals surface area contributed by atoms with Crippen LogP contribution in [-0.2, 0) is 0 Å². The lowest BCUT2D eigenvalue weighted by atomic mass is 10.4. The molecule has 1 rings (SSSR count). The second-order valence-electron chi connectivity index (χ2n) is 9.06. The van der Waals surface area contributed by atoms with Crippen molar-refractivity contribution in [1.82, 2.24) is 0 Å². The van der Waals surface area contributed by atoms with Crippen LogP contribution in [0.15, 0.2) is 0 Å². The van der Waals surface area contributed by atoms with E-state index in [0.717, 1.165) is 0 Å². The van der Waals surface area contributed by atoms with E-state index in [4.69, 9.17) is 0 Å². The van der Waals surface area contributed by atoms with Crippen molar-refractivity contribution in [2.75, 3.05) is 0 Å². The molecule has 0 aromatic heterocycles. The summed E-state index contributed by atoms with van der Waals surface area (Å²) < 4.78 is 0. The van der Waals surface area contributed by atoms with Crippen LogP contribution in [0, 0.1) is 0 Å². The number of hydrogen-bond acceptors (Lipinski definition) is 0. The minimum Gasteiger partial charge on any atom is -0.0739 e. The van der Waals surface area contributed by atoms with E-state index in [1.807, 2.05) is 0 Å². The molecule has 0 spiro atoms. The van der Waals surface area contributed by atoms with Gasteiger partial charge in [-0.25, -0.2) is 0 Å². The summed E-state index contributed by atoms with van der Waals surface area (Å²) in [5, 5.41) is 0. The van der Waals surface area contributed by atoms with Crippen molar-refractivity contribution in [3.8, 4) is 0 Å². The molecule has 1 saturated heterocycles. The highest BCUT2D eigenvalue weighted by molar-refractivity contribution is 8.08. The van der Waals surface area contributed by atoms with Crippen LogP contribution in [-0.4, -0.2) is 44.1 Å². The predicted octanol–water partition coefficient (Wildman–Crippen LogP) is 4.72. The SMILES string of the molecule is CCCC[Si]1(C)[Si](C)(C)[Si](C)(C)[Si][Si](C)(C)[Si]1(C)C. The molecule has 1 heterocycles. The van der Waals surface area contributed by atoms with Gasteiger partial charge in [-0.1, -0.05) is 84.7 Å². The van der Waals surface area contributed by atoms with E-state index in [-0.39, 0.29) is 0 Å². The predicted molar refractivity (Wildman–Crippen MR) is 107 cm³/mol. The fourth-order valence-electron chi connectivity index (χ4n) is 4.41. The number of rotatable bonds is 3. The van der Waals surface area contributed by atoms with Gasteiger partial charge >= 0.3 is 0 Å². The van der Waals surface area contributed by atoms with Crippen molar-refractivity contribution in [2.45, 2.75) is 84.7 Å². The highest BCUT2D eigenvalue weighted by Crippen LogP contribution is 2.46. The van der Waals surface area contributed by atoms with E-state index >= 15 is 0 Å². The van der Waals surface area contributed by atoms with Crippen LogP contribution in [0.25, 0.3) is 0 Å². The summed E-state index contributed by atoms with van der Waals surface area (Å²) >= 11 is 0. The maximum atomic E-state index is 2.91. The third-order valence-electron chi connectivity index (χ3n) is 7.54. The van der Waals surface area contributed by atoms with Gasteiger partial charge in [0.15, 0.2) is 0 Å². The van der Waals surface area contributed by atoms with Crippen LogP contribution in [0.1, 0.15) is 19.8 Å². The Kier molecular flexibility index (Phi) is 5.01. The van der Waals surface area contributed by atoms with E-state index in [0.29, 0.717) is 0 Å². The molecule has 0 nitrogen and oxygen atoms in total. The van der Waals surface area contributed by atoms with Gasteiger partial charge in [0.1, 0.15) is 0 Å². The summed E-state index contributed by atoms with van der Waals surface area (Å²) in [5.41, 5.74) is 0. The molecule has 0 aromatic carbocycles. The largest absolute Gasteiger partial charge is 0.0739 e. The van der Waals surface area contributed by atoms with E-state index in [1.165, 1.54) is 21.4 Å². The molecule has 0 N–H and O–H groups in total. The Labute approximate surface area is 128 Å². The van der Waals surface area contributed by atoms with E-state index < -0.39 is 35.5 Å². The van der Waals surface area contributed by atoms with Crippen molar-refractivity contribution >= 4 is 44.1 Å². The molecule has 0 bridgehead atoms. The summed E-state index contributed by atoms with van der Waals surface area (Å²) in [6.07, 6.45) is 2.96. The molecule has 0 aromatic rings. The lowest BCUT2D eigenvalue weighted by Crippen LogP contribution is -2.94. The van der Waals surface area contributed by atoms with Crippen LogP contribution in [0.4, 0.5) is 0 Å². The average molecular weight is 361 g/mol. The Morgan fingerprint density at radius 2 is 1.05 bits per heavy atom. The molecule has 0 aliphatic carbocycles. The molecule has 19 heavy (non-hydrogen) atoms. The summed E-state index contributed by atoms with van der Waals surface area (Å²) in [6.45, 7) is 27.9. The van der Waals surface area contributed by atoms with Crippen molar-refractivity contribution in [1.29, 1.82) is 0 Å². The lowest BCUT2D eigenvalue weighted by molar-refractivity contribution is 0.875. The van der Waals surface area contributed by atoms with Gasteiger partial charge in [0.2, 0.25) is 0 Å². The van der Waals surface area contributed by atoms with E-state index in [1.54, 1.807) is 6.04 Å². The first-order chi connectivity index (χ1) is 8.27. The Morgan fingerprint density at radius 1 is 0.684 bits per heavy atom. The Bertz CT molecular complexity index is 319. The number of unbranched alkanes of at least 4 members (excludes halogenated alkanes) is 1. The summed E-state index contributed by atoms with van der Waals surface area (Å²) in [5.74, 6) is 0. The van der Waals surface area contributed by atoms with Gasteiger partial charge in [0.25, 0.3) is 0 Å². The third kappa shape index (κ3) is 2.48. The Balaban J connectivity index is 3.40. The Hall–Kier alpha value is 1.30. The average Bonchev–Trinajstić information content (AvgIpc) is 2.21. The van der Waals surface area contributed by atoms with Crippen molar-refractivity contribution in [2.24, 2.45) is 0 Å². The normalized spacial score (nSPS) is 30.0. The Morgan fingerprint density at radius 3 is 1.37 bits per heavy atom. The molecule has 6 heteroatoms. The van der Waals surface area contributed by atoms with Crippen LogP contribution < -0.4 is 0 Å². The lowest BCUT2D eigenvalue weighted by Gasteiger charge is -2.67. The molecule has 2 radical (unpaired) electrons. The first-order valence-corrected chi connectivity index (χ1v) is 29.8. The van der Waals surface area contributed by atoms with Gasteiger partial charge in [-0.15, -0.1) is 0 Å². The summed E-state index contributed by atoms with van der Waals surface area (Å²) in [6, 6.07) is 1.69. The number of hydrogen-bond donors (Lipinski definition) is 0. The topological polar surface area (TPSA) is 0 Å². The monoisotopic (exact) mass is 360 g/mol. The van der Waals surface area contributed by atoms with Gasteiger partial charge in [-0.3, -0.25) is 0 Å². The van der Waals surface area contributed by atoms with Crippen LogP contribution in [0.3, 0.4) is 0 Å². The van der Waals surface area contributed by atoms with Crippen LogP contribution in [0.2, 0.25) is 65.0 Å². The summed E-state index contributed by atoms with van der Waals surface area (Å²) in [4.78, 5) is 0. The first kappa shape index (κ1) is 18.4. The van der Waals surface area contributed by atoms with Gasteiger partial charge in [-0.2, -0.15) is 0 Å². The maximum Gasteiger partial charge on any atom is 0.0336 e. The molecule has 0 amide bonds. The van der Waals surface area contributed by atoms with Gasteiger partial charge in [0, 0.05) is 44.1 Å². The third-order valence-corrected chi connectivity index (χ3v) is 133. The van der Waals surface area contributed by atoms with Gasteiger partial charge in [0.05, 0.1) is 0 Å². The molecule has 1 aliphatic rings.